The third-order valence-corrected chi connectivity index (χ3v) is 22.8. The topological polar surface area (TPSA) is 138 Å². The summed E-state index contributed by atoms with van der Waals surface area (Å²) in [6.07, 6.45) is 7.26. The van der Waals surface area contributed by atoms with Crippen molar-refractivity contribution < 1.29 is 32.4 Å². The van der Waals surface area contributed by atoms with Crippen molar-refractivity contribution in [3.05, 3.63) is 114 Å². The van der Waals surface area contributed by atoms with Gasteiger partial charge in [0, 0.05) is 31.4 Å². The first-order valence-electron chi connectivity index (χ1n) is 27.3. The number of methoxy groups -OCH3 is 2. The number of hydrogen-bond acceptors (Lipinski definition) is 12. The number of rotatable bonds is 30. The number of ether oxygens (including phenoxy) is 4. The summed E-state index contributed by atoms with van der Waals surface area (Å²) < 4.78 is 53.5. The lowest BCUT2D eigenvalue weighted by molar-refractivity contribution is -0.0925. The summed E-state index contributed by atoms with van der Waals surface area (Å²) in [6, 6.07) is 30.8. The number of fused-ring (bicyclic) bond motifs is 1. The quantitative estimate of drug-likeness (QED) is 0.0108. The monoisotopic (exact) mass is 1060 g/mol. The molecule has 16 heteroatoms. The Morgan fingerprint density at radius 3 is 1.84 bits per heavy atom. The Labute approximate surface area is 451 Å². The molecule has 0 saturated carbocycles. The first-order valence-corrected chi connectivity index (χ1v) is 30.5. The van der Waals surface area contributed by atoms with Gasteiger partial charge in [0.25, 0.3) is 8.53 Å². The van der Waals surface area contributed by atoms with Crippen molar-refractivity contribution in [2.24, 2.45) is 4.99 Å². The third kappa shape index (κ3) is 13.7. The lowest BCUT2D eigenvalue weighted by Crippen LogP contribution is -2.54. The first kappa shape index (κ1) is 59.5. The summed E-state index contributed by atoms with van der Waals surface area (Å²) in [4.78, 5) is 17.1. The molecule has 75 heavy (non-hydrogen) atoms. The van der Waals surface area contributed by atoms with E-state index >= 15 is 0 Å². The van der Waals surface area contributed by atoms with Gasteiger partial charge in [0.1, 0.15) is 40.9 Å². The Hall–Kier alpha value is -4.75. The maximum atomic E-state index is 9.78. The molecule has 5 atom stereocenters. The van der Waals surface area contributed by atoms with Crippen LogP contribution in [0.4, 0.5) is 5.82 Å². The van der Waals surface area contributed by atoms with Gasteiger partial charge in [0.2, 0.25) is 8.32 Å². The number of imidazole rings is 1. The van der Waals surface area contributed by atoms with Gasteiger partial charge in [0.15, 0.2) is 12.0 Å². The van der Waals surface area contributed by atoms with Crippen molar-refractivity contribution in [3.63, 3.8) is 0 Å². The molecule has 3 aromatic carbocycles. The number of aromatic nitrogens is 3. The van der Waals surface area contributed by atoms with E-state index in [2.05, 4.69) is 140 Å². The molecule has 0 spiro atoms. The Morgan fingerprint density at radius 1 is 0.773 bits per heavy atom. The van der Waals surface area contributed by atoms with Crippen LogP contribution in [0, 0.1) is 11.3 Å². The predicted molar refractivity (Wildman–Crippen MR) is 305 cm³/mol. The van der Waals surface area contributed by atoms with Gasteiger partial charge in [-0.15, -0.1) is 0 Å². The highest BCUT2D eigenvalue weighted by molar-refractivity contribution is 7.44. The van der Waals surface area contributed by atoms with Crippen molar-refractivity contribution in [2.75, 3.05) is 40.5 Å². The highest BCUT2D eigenvalue weighted by atomic mass is 31.2. The van der Waals surface area contributed by atoms with Gasteiger partial charge in [-0.3, -0.25) is 0 Å². The van der Waals surface area contributed by atoms with Crippen molar-refractivity contribution >= 4 is 40.0 Å². The standard InChI is InChI=1S/C59H86N7O7PSi/c1-15-17-36-64(37-18-16-2)40-63-57-54-52(33-35-61-57)65(41-62-54)58-56(73-75(44(7)8,45(9)10)46(11)12)55(72-74(70-38-22-34-60)66(42(3)4)43(5)6)53(71-58)39-69-59(47-23-20-19-21-24-47,48-25-29-50(67-13)30-26-48)49-27-31-51(68-14)32-28-49/h19-21,23-33,35,40-46,53,55-56,58H,15-18,22,36-39H2,1-14H3/t53-,55-,56-,58-,74?/m1/s1. The van der Waals surface area contributed by atoms with Crippen molar-refractivity contribution in [2.45, 2.75) is 174 Å². The molecule has 5 aromatic rings. The lowest BCUT2D eigenvalue weighted by Gasteiger charge is -2.46. The van der Waals surface area contributed by atoms with Crippen LogP contribution in [-0.2, 0) is 28.5 Å². The molecule has 14 nitrogen and oxygen atoms in total. The average Bonchev–Trinajstić information content (AvgIpc) is 3.98. The fourth-order valence-corrected chi connectivity index (χ4v) is 18.3. The molecule has 1 unspecified atom stereocenters. The summed E-state index contributed by atoms with van der Waals surface area (Å²) in [6.45, 7) is 29.0. The molecule has 1 aliphatic rings. The Morgan fingerprint density at radius 2 is 1.33 bits per heavy atom. The second kappa shape index (κ2) is 28.0. The molecular formula is C59H86N7O7PSi. The molecule has 6 rings (SSSR count). The second-order valence-electron chi connectivity index (χ2n) is 21.0. The molecule has 2 aromatic heterocycles. The molecule has 0 amide bonds. The van der Waals surface area contributed by atoms with E-state index in [9.17, 15) is 5.26 Å². The smallest absolute Gasteiger partial charge is 0.259 e. The second-order valence-corrected chi connectivity index (χ2v) is 27.9. The Balaban J connectivity index is 1.60. The van der Waals surface area contributed by atoms with Crippen LogP contribution in [0.2, 0.25) is 16.6 Å². The lowest BCUT2D eigenvalue weighted by atomic mass is 9.80. The number of benzene rings is 3. The third-order valence-electron chi connectivity index (χ3n) is 14.5. The van der Waals surface area contributed by atoms with Crippen LogP contribution in [-0.4, -0.2) is 110 Å². The SMILES string of the molecule is CCCCN(C=Nc1nccc2c1ncn2[C@@H]1O[C@H](COC(c2ccccc2)(c2ccc(OC)cc2)c2ccc(OC)cc2)[C@@H](OP(OCCC#N)N(C(C)C)C(C)C)[C@H]1O[Si](C(C)C)(C(C)C)C(C)C)CCCC. The Kier molecular flexibility index (Phi) is 22.2. The van der Waals surface area contributed by atoms with E-state index in [0.717, 1.165) is 72.5 Å². The van der Waals surface area contributed by atoms with E-state index in [1.165, 1.54) is 0 Å². The van der Waals surface area contributed by atoms with Gasteiger partial charge in [-0.2, -0.15) is 5.26 Å². The molecular weight excluding hydrogens is 978 g/mol. The van der Waals surface area contributed by atoms with Crippen LogP contribution in [0.5, 0.6) is 11.5 Å². The molecule has 1 aliphatic heterocycles. The van der Waals surface area contributed by atoms with E-state index in [0.29, 0.717) is 11.3 Å². The van der Waals surface area contributed by atoms with E-state index in [1.54, 1.807) is 20.4 Å². The Bertz CT molecular complexity index is 2470. The summed E-state index contributed by atoms with van der Waals surface area (Å²) >= 11 is 0. The van der Waals surface area contributed by atoms with E-state index in [1.807, 2.05) is 61.2 Å². The first-order chi connectivity index (χ1) is 36.1. The maximum Gasteiger partial charge on any atom is 0.259 e. The molecule has 3 heterocycles. The zero-order chi connectivity index (χ0) is 54.3. The van der Waals surface area contributed by atoms with Crippen molar-refractivity contribution in [3.8, 4) is 17.6 Å². The zero-order valence-electron chi connectivity index (χ0n) is 47.3. The minimum Gasteiger partial charge on any atom is -0.497 e. The summed E-state index contributed by atoms with van der Waals surface area (Å²) in [5.41, 5.74) is 3.70. The number of hydrogen-bond donors (Lipinski definition) is 0. The van der Waals surface area contributed by atoms with Crippen LogP contribution in [0.15, 0.2) is 102 Å². The minimum absolute atomic E-state index is 0.0423. The van der Waals surface area contributed by atoms with Gasteiger partial charge in [0.05, 0.1) is 58.1 Å². The number of nitriles is 1. The van der Waals surface area contributed by atoms with Crippen LogP contribution in [0.3, 0.4) is 0 Å². The van der Waals surface area contributed by atoms with E-state index in [-0.39, 0.29) is 48.3 Å². The largest absolute Gasteiger partial charge is 0.497 e. The van der Waals surface area contributed by atoms with Crippen LogP contribution in [0.1, 0.15) is 138 Å². The molecule has 0 aliphatic carbocycles. The number of aliphatic imine (C=N–C) groups is 1. The molecule has 0 bridgehead atoms. The summed E-state index contributed by atoms with van der Waals surface area (Å²) in [5, 5.41) is 9.78. The molecule has 408 valence electrons. The number of unbranched alkanes of at least 4 members (excludes halogenated alkanes) is 2. The number of nitrogens with zero attached hydrogens (tertiary/aromatic N) is 7. The maximum absolute atomic E-state index is 9.78. The zero-order valence-corrected chi connectivity index (χ0v) is 49.2. The minimum atomic E-state index is -2.72. The van der Waals surface area contributed by atoms with Gasteiger partial charge in [-0.05, 0) is 104 Å². The summed E-state index contributed by atoms with van der Waals surface area (Å²) in [7, 11) is -1.17. The van der Waals surface area contributed by atoms with E-state index < -0.39 is 47.0 Å². The van der Waals surface area contributed by atoms with Gasteiger partial charge in [-0.25, -0.2) is 19.6 Å². The normalized spacial score (nSPS) is 17.9. The summed E-state index contributed by atoms with van der Waals surface area (Å²) in [5.74, 6) is 1.99. The van der Waals surface area contributed by atoms with Gasteiger partial charge in [-0.1, -0.05) is 123 Å². The fraction of sp³-hybridized carbons (Fsp3) is 0.559. The molecule has 0 radical (unpaired) electrons. The predicted octanol–water partition coefficient (Wildman–Crippen LogP) is 14.1. The van der Waals surface area contributed by atoms with Crippen LogP contribution in [0.25, 0.3) is 11.0 Å². The molecule has 1 saturated heterocycles. The molecule has 0 N–H and O–H groups in total. The van der Waals surface area contributed by atoms with Crippen molar-refractivity contribution in [1.29, 1.82) is 5.26 Å². The van der Waals surface area contributed by atoms with Crippen molar-refractivity contribution in [1.82, 2.24) is 24.1 Å². The number of pyridine rings is 1. The van der Waals surface area contributed by atoms with Gasteiger partial charge >= 0.3 is 0 Å². The molecule has 1 fully saturated rings. The average molecular weight is 1060 g/mol. The fourth-order valence-electron chi connectivity index (χ4n) is 11.0. The highest BCUT2D eigenvalue weighted by Crippen LogP contribution is 2.54. The van der Waals surface area contributed by atoms with E-state index in [4.69, 9.17) is 47.4 Å². The van der Waals surface area contributed by atoms with Crippen LogP contribution >= 0.6 is 8.53 Å². The highest BCUT2D eigenvalue weighted by Gasteiger charge is 2.56. The van der Waals surface area contributed by atoms with Gasteiger partial charge < -0.3 is 41.9 Å². The van der Waals surface area contributed by atoms with Crippen LogP contribution < -0.4 is 9.47 Å².